The van der Waals surface area contributed by atoms with Gasteiger partial charge in [0.1, 0.15) is 12.3 Å². The third-order valence-electron chi connectivity index (χ3n) is 3.49. The van der Waals surface area contributed by atoms with Crippen LogP contribution in [-0.4, -0.2) is 44.9 Å². The molecule has 0 aliphatic carbocycles. The Kier molecular flexibility index (Phi) is 8.35. The van der Waals surface area contributed by atoms with Crippen molar-refractivity contribution in [2.24, 2.45) is 0 Å². The fourth-order valence-corrected chi connectivity index (χ4v) is 2.77. The molecule has 7 nitrogen and oxygen atoms in total. The average Bonchev–Trinajstić information content (AvgIpc) is 2.68. The molecule has 1 N–H and O–H groups in total. The highest BCUT2D eigenvalue weighted by molar-refractivity contribution is 9.10. The third kappa shape index (κ3) is 5.83. The number of halogens is 1. The molecule has 1 aromatic heterocycles. The number of pyridine rings is 1. The molecule has 0 bridgehead atoms. The van der Waals surface area contributed by atoms with E-state index >= 15 is 0 Å². The first kappa shape index (κ1) is 21.0. The lowest BCUT2D eigenvalue weighted by molar-refractivity contribution is 0.102. The average molecular weight is 439 g/mol. The largest absolute Gasteiger partial charge is 0.493 e. The van der Waals surface area contributed by atoms with Crippen LogP contribution in [0.25, 0.3) is 0 Å². The minimum atomic E-state index is -0.319. The predicted octanol–water partition coefficient (Wildman–Crippen LogP) is 3.92. The van der Waals surface area contributed by atoms with Crippen molar-refractivity contribution >= 4 is 27.5 Å². The molecular formula is C19H23BrN2O5. The number of hydrogen-bond acceptors (Lipinski definition) is 6. The molecule has 0 aliphatic rings. The van der Waals surface area contributed by atoms with Crippen LogP contribution in [0.4, 0.5) is 5.69 Å². The minimum absolute atomic E-state index is 0.319. The number of rotatable bonds is 10. The Balaban J connectivity index is 2.20. The fourth-order valence-electron chi connectivity index (χ4n) is 2.21. The summed E-state index contributed by atoms with van der Waals surface area (Å²) in [6.45, 7) is 3.33. The zero-order valence-electron chi connectivity index (χ0n) is 15.6. The molecule has 0 unspecified atom stereocenters. The molecule has 8 heteroatoms. The Bertz CT molecular complexity index is 770. The van der Waals surface area contributed by atoms with E-state index in [0.717, 1.165) is 6.42 Å². The molecule has 27 heavy (non-hydrogen) atoms. The lowest BCUT2D eigenvalue weighted by Crippen LogP contribution is -2.15. The standard InChI is InChI=1S/C19H23BrN2O5/c1-4-8-26-17-14(20)11-13(12-16(17)25-3)18(23)22-15-6-5-7-21-19(15)27-10-9-24-2/h5-7,11-12H,4,8-10H2,1-3H3,(H,22,23). The van der Waals surface area contributed by atoms with E-state index in [4.69, 9.17) is 18.9 Å². The van der Waals surface area contributed by atoms with Crippen molar-refractivity contribution in [3.63, 3.8) is 0 Å². The molecule has 0 aliphatic heterocycles. The van der Waals surface area contributed by atoms with E-state index in [2.05, 4.69) is 26.2 Å². The predicted molar refractivity (Wildman–Crippen MR) is 106 cm³/mol. The highest BCUT2D eigenvalue weighted by atomic mass is 79.9. The number of carbonyl (C=O) groups excluding carboxylic acids is 1. The van der Waals surface area contributed by atoms with Gasteiger partial charge in [-0.05, 0) is 46.6 Å². The number of anilines is 1. The summed E-state index contributed by atoms with van der Waals surface area (Å²) in [6, 6.07) is 6.76. The summed E-state index contributed by atoms with van der Waals surface area (Å²) in [4.78, 5) is 16.9. The first-order chi connectivity index (χ1) is 13.1. The van der Waals surface area contributed by atoms with Gasteiger partial charge in [0.05, 0.1) is 24.8 Å². The topological polar surface area (TPSA) is 78.9 Å². The number of carbonyl (C=O) groups is 1. The van der Waals surface area contributed by atoms with Gasteiger partial charge in [0, 0.05) is 18.9 Å². The molecule has 0 saturated heterocycles. The van der Waals surface area contributed by atoms with Gasteiger partial charge >= 0.3 is 0 Å². The van der Waals surface area contributed by atoms with Crippen LogP contribution >= 0.6 is 15.9 Å². The van der Waals surface area contributed by atoms with Crippen LogP contribution in [0.3, 0.4) is 0 Å². The van der Waals surface area contributed by atoms with Crippen LogP contribution in [0.5, 0.6) is 17.4 Å². The monoisotopic (exact) mass is 438 g/mol. The number of hydrogen-bond donors (Lipinski definition) is 1. The van der Waals surface area contributed by atoms with E-state index in [1.807, 2.05) is 6.92 Å². The molecular weight excluding hydrogens is 416 g/mol. The summed E-state index contributed by atoms with van der Waals surface area (Å²) in [6.07, 6.45) is 2.46. The summed E-state index contributed by atoms with van der Waals surface area (Å²) in [5.74, 6) is 1.06. The quantitative estimate of drug-likeness (QED) is 0.566. The van der Waals surface area contributed by atoms with Gasteiger partial charge < -0.3 is 24.3 Å². The molecule has 0 radical (unpaired) electrons. The van der Waals surface area contributed by atoms with Gasteiger partial charge in [-0.15, -0.1) is 0 Å². The summed E-state index contributed by atoms with van der Waals surface area (Å²) in [7, 11) is 3.12. The molecule has 146 valence electrons. The van der Waals surface area contributed by atoms with Crippen LogP contribution in [0.1, 0.15) is 23.7 Å². The zero-order valence-corrected chi connectivity index (χ0v) is 17.2. The lowest BCUT2D eigenvalue weighted by Gasteiger charge is -2.15. The van der Waals surface area contributed by atoms with Crippen molar-refractivity contribution in [3.8, 4) is 17.4 Å². The van der Waals surface area contributed by atoms with Gasteiger partial charge in [-0.3, -0.25) is 4.79 Å². The van der Waals surface area contributed by atoms with Crippen molar-refractivity contribution < 1.29 is 23.7 Å². The number of nitrogens with zero attached hydrogens (tertiary/aromatic N) is 1. The van der Waals surface area contributed by atoms with Crippen LogP contribution in [-0.2, 0) is 4.74 Å². The van der Waals surface area contributed by atoms with Crippen molar-refractivity contribution in [2.45, 2.75) is 13.3 Å². The third-order valence-corrected chi connectivity index (χ3v) is 4.08. The van der Waals surface area contributed by atoms with Gasteiger partial charge in [-0.2, -0.15) is 0 Å². The van der Waals surface area contributed by atoms with E-state index in [0.29, 0.717) is 52.9 Å². The van der Waals surface area contributed by atoms with Gasteiger partial charge in [0.25, 0.3) is 5.91 Å². The lowest BCUT2D eigenvalue weighted by atomic mass is 10.2. The van der Waals surface area contributed by atoms with Crippen LogP contribution in [0, 0.1) is 0 Å². The Morgan fingerprint density at radius 2 is 2.00 bits per heavy atom. The zero-order chi connectivity index (χ0) is 19.6. The SMILES string of the molecule is CCCOc1c(Br)cc(C(=O)Nc2cccnc2OCCOC)cc1OC. The summed E-state index contributed by atoms with van der Waals surface area (Å²) in [5, 5.41) is 2.81. The molecule has 2 aromatic rings. The second-order valence-electron chi connectivity index (χ2n) is 5.49. The number of methoxy groups -OCH3 is 2. The first-order valence-electron chi connectivity index (χ1n) is 8.49. The van der Waals surface area contributed by atoms with Gasteiger partial charge in [-0.1, -0.05) is 6.92 Å². The van der Waals surface area contributed by atoms with Crippen molar-refractivity contribution in [1.82, 2.24) is 4.98 Å². The van der Waals surface area contributed by atoms with Crippen molar-refractivity contribution in [3.05, 3.63) is 40.5 Å². The summed E-state index contributed by atoms with van der Waals surface area (Å²) < 4.78 is 22.2. The van der Waals surface area contributed by atoms with E-state index in [1.165, 1.54) is 7.11 Å². The number of nitrogens with one attached hydrogen (secondary N) is 1. The number of ether oxygens (including phenoxy) is 4. The molecule has 0 atom stereocenters. The number of amides is 1. The van der Waals surface area contributed by atoms with Crippen molar-refractivity contribution in [2.75, 3.05) is 39.4 Å². The van der Waals surface area contributed by atoms with Gasteiger partial charge in [-0.25, -0.2) is 4.98 Å². The van der Waals surface area contributed by atoms with Crippen molar-refractivity contribution in [1.29, 1.82) is 0 Å². The smallest absolute Gasteiger partial charge is 0.255 e. The fraction of sp³-hybridized carbons (Fsp3) is 0.368. The number of aromatic nitrogens is 1. The highest BCUT2D eigenvalue weighted by Crippen LogP contribution is 2.37. The Morgan fingerprint density at radius 1 is 1.19 bits per heavy atom. The molecule has 2 rings (SSSR count). The van der Waals surface area contributed by atoms with E-state index in [1.54, 1.807) is 37.6 Å². The second kappa shape index (κ2) is 10.7. The Labute approximate surface area is 167 Å². The number of benzene rings is 1. The summed E-state index contributed by atoms with van der Waals surface area (Å²) in [5.41, 5.74) is 0.884. The van der Waals surface area contributed by atoms with Crippen LogP contribution in [0.15, 0.2) is 34.9 Å². The molecule has 1 aromatic carbocycles. The molecule has 1 amide bonds. The maximum atomic E-state index is 12.7. The Morgan fingerprint density at radius 3 is 2.70 bits per heavy atom. The normalized spacial score (nSPS) is 10.4. The van der Waals surface area contributed by atoms with Crippen LogP contribution < -0.4 is 19.5 Å². The van der Waals surface area contributed by atoms with Gasteiger partial charge in [0.15, 0.2) is 11.5 Å². The van der Waals surface area contributed by atoms with Crippen LogP contribution in [0.2, 0.25) is 0 Å². The van der Waals surface area contributed by atoms with E-state index < -0.39 is 0 Å². The van der Waals surface area contributed by atoms with E-state index in [9.17, 15) is 4.79 Å². The molecule has 0 fully saturated rings. The minimum Gasteiger partial charge on any atom is -0.493 e. The molecule has 1 heterocycles. The molecule has 0 spiro atoms. The second-order valence-corrected chi connectivity index (χ2v) is 6.34. The summed E-state index contributed by atoms with van der Waals surface area (Å²) >= 11 is 3.44. The maximum Gasteiger partial charge on any atom is 0.255 e. The Hall–Kier alpha value is -2.32. The van der Waals surface area contributed by atoms with Gasteiger partial charge in [0.2, 0.25) is 5.88 Å². The molecule has 0 saturated carbocycles. The first-order valence-corrected chi connectivity index (χ1v) is 9.28. The highest BCUT2D eigenvalue weighted by Gasteiger charge is 2.17. The van der Waals surface area contributed by atoms with E-state index in [-0.39, 0.29) is 5.91 Å². The maximum absolute atomic E-state index is 12.7.